The first-order chi connectivity index (χ1) is 32.4. The van der Waals surface area contributed by atoms with Gasteiger partial charge in [0.15, 0.2) is 0 Å². The van der Waals surface area contributed by atoms with E-state index in [0.717, 1.165) is 88.4 Å². The molecule has 0 spiro atoms. The van der Waals surface area contributed by atoms with Gasteiger partial charge in [0.2, 0.25) is 17.8 Å². The number of piperidine rings is 2. The van der Waals surface area contributed by atoms with Crippen LogP contribution < -0.4 is 46.4 Å². The number of benzene rings is 3. The van der Waals surface area contributed by atoms with Crippen molar-refractivity contribution in [3.63, 3.8) is 0 Å². The highest BCUT2D eigenvalue weighted by atomic mass is 79.9. The smallest absolute Gasteiger partial charge is 0.255 e. The Kier molecular flexibility index (Phi) is 13.8. The molecule has 4 aliphatic rings. The molecule has 0 radical (unpaired) electrons. The van der Waals surface area contributed by atoms with Gasteiger partial charge in [-0.3, -0.25) is 29.7 Å². The molecule has 352 valence electrons. The number of nitrogens with zero attached hydrogens (tertiary/aromatic N) is 7. The van der Waals surface area contributed by atoms with Gasteiger partial charge in [-0.1, -0.05) is 6.92 Å². The van der Waals surface area contributed by atoms with Crippen LogP contribution in [-0.4, -0.2) is 121 Å². The summed E-state index contributed by atoms with van der Waals surface area (Å²) in [5, 5.41) is 17.2. The second kappa shape index (κ2) is 19.9. The van der Waals surface area contributed by atoms with Crippen LogP contribution in [0.5, 0.6) is 5.75 Å². The number of amides is 3. The van der Waals surface area contributed by atoms with E-state index >= 15 is 0 Å². The Hall–Kier alpha value is -5.68. The summed E-state index contributed by atoms with van der Waals surface area (Å²) in [5.41, 5.74) is 7.75. The molecule has 3 fully saturated rings. The van der Waals surface area contributed by atoms with Crippen LogP contribution in [0.15, 0.2) is 65.5 Å². The number of methoxy groups -OCH3 is 1. The van der Waals surface area contributed by atoms with Crippen molar-refractivity contribution >= 4 is 91.6 Å². The molecule has 4 aliphatic heterocycles. The van der Waals surface area contributed by atoms with Crippen LogP contribution in [-0.2, 0) is 27.1 Å². The van der Waals surface area contributed by atoms with E-state index in [9.17, 15) is 18.9 Å². The SMILES string of the molecule is CCc1cc(Nc2ncc(Br)c(Nc3ccc4nccnc4c3P(C)(C)=O)n2)c(OC)cc1N1CCC(NCCNC[C@H]2CCN(c3ccc4c(c3)CN(C3CCC(=O)NC3=O)C4=O)C2)CC1. The van der Waals surface area contributed by atoms with Gasteiger partial charge < -0.3 is 45.3 Å². The predicted octanol–water partition coefficient (Wildman–Crippen LogP) is 5.92. The van der Waals surface area contributed by atoms with Crippen LogP contribution in [0.2, 0.25) is 0 Å². The van der Waals surface area contributed by atoms with Gasteiger partial charge in [0.1, 0.15) is 30.3 Å². The first kappa shape index (κ1) is 46.4. The van der Waals surface area contributed by atoms with Gasteiger partial charge in [-0.15, -0.1) is 0 Å². The monoisotopic (exact) mass is 992 g/mol. The molecule has 6 heterocycles. The summed E-state index contributed by atoms with van der Waals surface area (Å²) in [6.07, 6.45) is 9.55. The highest BCUT2D eigenvalue weighted by Crippen LogP contribution is 2.42. The number of fused-ring (bicyclic) bond motifs is 2. The van der Waals surface area contributed by atoms with Crippen LogP contribution in [0.1, 0.15) is 60.5 Å². The summed E-state index contributed by atoms with van der Waals surface area (Å²) in [6.45, 7) is 12.6. The van der Waals surface area contributed by atoms with Gasteiger partial charge in [-0.25, -0.2) is 4.98 Å². The van der Waals surface area contributed by atoms with E-state index < -0.39 is 13.2 Å². The topological polar surface area (TPSA) is 199 Å². The maximum absolute atomic E-state index is 13.5. The van der Waals surface area contributed by atoms with Gasteiger partial charge in [-0.05, 0) is 121 Å². The molecule has 3 amide bonds. The summed E-state index contributed by atoms with van der Waals surface area (Å²) in [5.74, 6) is 1.31. The minimum absolute atomic E-state index is 0.138. The number of carbonyl (C=O) groups excluding carboxylic acids is 3. The van der Waals surface area contributed by atoms with Gasteiger partial charge in [0.05, 0.1) is 33.8 Å². The van der Waals surface area contributed by atoms with Crippen LogP contribution >= 0.6 is 23.1 Å². The third kappa shape index (κ3) is 10.1. The number of hydrogen-bond acceptors (Lipinski definition) is 15. The molecule has 0 saturated carbocycles. The largest absolute Gasteiger partial charge is 0.494 e. The number of hydrogen-bond donors (Lipinski definition) is 5. The molecule has 0 aliphatic carbocycles. The minimum atomic E-state index is -2.77. The zero-order valence-corrected chi connectivity index (χ0v) is 40.9. The Morgan fingerprint density at radius 2 is 1.72 bits per heavy atom. The molecule has 67 heavy (non-hydrogen) atoms. The summed E-state index contributed by atoms with van der Waals surface area (Å²) in [6, 6.07) is 13.8. The summed E-state index contributed by atoms with van der Waals surface area (Å²) >= 11 is 3.60. The number of aromatic nitrogens is 4. The number of nitrogens with one attached hydrogen (secondary N) is 5. The van der Waals surface area contributed by atoms with E-state index in [1.54, 1.807) is 43.9 Å². The van der Waals surface area contributed by atoms with Gasteiger partial charge in [-0.2, -0.15) is 4.98 Å². The Balaban J connectivity index is 0.741. The fourth-order valence-corrected chi connectivity index (χ4v) is 11.6. The lowest BCUT2D eigenvalue weighted by Gasteiger charge is -2.35. The second-order valence-corrected chi connectivity index (χ2v) is 22.2. The zero-order valence-electron chi connectivity index (χ0n) is 38.4. The van der Waals surface area contributed by atoms with Crippen molar-refractivity contribution in [2.45, 2.75) is 64.1 Å². The number of aryl methyl sites for hydroxylation is 1. The number of imide groups is 1. The highest BCUT2D eigenvalue weighted by Gasteiger charge is 2.39. The number of anilines is 6. The quantitative estimate of drug-likeness (QED) is 0.0443. The third-order valence-corrected chi connectivity index (χ3v) is 15.4. The van der Waals surface area contributed by atoms with Crippen molar-refractivity contribution in [1.29, 1.82) is 0 Å². The van der Waals surface area contributed by atoms with Gasteiger partial charge in [0.25, 0.3) is 5.91 Å². The Labute approximate surface area is 399 Å². The number of ether oxygens (including phenoxy) is 1. The fraction of sp³-hybridized carbons (Fsp3) is 0.438. The van der Waals surface area contributed by atoms with E-state index in [1.807, 2.05) is 24.3 Å². The van der Waals surface area contributed by atoms with Crippen LogP contribution in [0, 0.1) is 5.92 Å². The molecule has 3 aromatic carbocycles. The molecule has 2 aromatic heterocycles. The molecular formula is C48H58BrN12O5P. The van der Waals surface area contributed by atoms with Crippen molar-refractivity contribution in [3.05, 3.63) is 82.2 Å². The van der Waals surface area contributed by atoms with E-state index in [2.05, 4.69) is 92.4 Å². The van der Waals surface area contributed by atoms with E-state index in [4.69, 9.17) is 9.72 Å². The number of carbonyl (C=O) groups is 3. The standard InChI is InChI=1S/C48H58BrN12O5P/c1-5-30-23-38(56-48-54-26-35(49)45(58-48)55-37-9-8-36-43(53-18-17-52-36)44(37)67(3,4)65)41(66-2)24-40(30)59-20-13-32(14-21-59)51-16-15-50-25-29-12-19-60(27-29)33-6-7-34-31(22-33)28-61(47(34)64)39-10-11-42(62)57-46(39)63/h6-9,17-18,22-24,26,29,32,39,50-51H,5,10-16,19-21,25,27-28H2,1-4H3,(H,57,62,63)(H2,54,55,56,58)/t29-,39?/m1/s1. The van der Waals surface area contributed by atoms with Crippen molar-refractivity contribution in [1.82, 2.24) is 40.8 Å². The van der Waals surface area contributed by atoms with Crippen molar-refractivity contribution in [3.8, 4) is 5.75 Å². The van der Waals surface area contributed by atoms with Crippen molar-refractivity contribution in [2.24, 2.45) is 5.92 Å². The maximum Gasteiger partial charge on any atom is 0.255 e. The average Bonchev–Trinajstić information content (AvgIpc) is 3.93. The van der Waals surface area contributed by atoms with Crippen molar-refractivity contribution < 1.29 is 23.7 Å². The number of halogens is 1. The fourth-order valence-electron chi connectivity index (χ4n) is 9.88. The third-order valence-electron chi connectivity index (χ3n) is 13.3. The lowest BCUT2D eigenvalue weighted by molar-refractivity contribution is -0.136. The van der Waals surface area contributed by atoms with E-state index in [-0.39, 0.29) is 24.1 Å². The second-order valence-electron chi connectivity index (χ2n) is 18.2. The van der Waals surface area contributed by atoms with Gasteiger partial charge >= 0.3 is 0 Å². The van der Waals surface area contributed by atoms with E-state index in [0.29, 0.717) is 74.5 Å². The minimum Gasteiger partial charge on any atom is -0.494 e. The molecule has 0 bridgehead atoms. The summed E-state index contributed by atoms with van der Waals surface area (Å²) in [4.78, 5) is 62.0. The zero-order chi connectivity index (χ0) is 46.8. The van der Waals surface area contributed by atoms with Gasteiger partial charge in [0, 0.05) is 99.9 Å². The van der Waals surface area contributed by atoms with Crippen molar-refractivity contribution in [2.75, 3.05) is 86.7 Å². The molecule has 5 aromatic rings. The highest BCUT2D eigenvalue weighted by molar-refractivity contribution is 9.10. The summed E-state index contributed by atoms with van der Waals surface area (Å²) in [7, 11) is -1.10. The molecular weight excluding hydrogens is 935 g/mol. The number of rotatable bonds is 16. The lowest BCUT2D eigenvalue weighted by atomic mass is 10.0. The van der Waals surface area contributed by atoms with Crippen LogP contribution in [0.4, 0.5) is 34.5 Å². The molecule has 17 nitrogen and oxygen atoms in total. The predicted molar refractivity (Wildman–Crippen MR) is 266 cm³/mol. The van der Waals surface area contributed by atoms with Crippen LogP contribution in [0.25, 0.3) is 11.0 Å². The first-order valence-corrected chi connectivity index (χ1v) is 26.5. The molecule has 2 atom stereocenters. The molecule has 1 unspecified atom stereocenters. The molecule has 3 saturated heterocycles. The Morgan fingerprint density at radius 3 is 2.49 bits per heavy atom. The summed E-state index contributed by atoms with van der Waals surface area (Å²) < 4.78 is 20.1. The Morgan fingerprint density at radius 1 is 0.910 bits per heavy atom. The average molecular weight is 994 g/mol. The van der Waals surface area contributed by atoms with E-state index in [1.165, 1.54) is 11.3 Å². The van der Waals surface area contributed by atoms with Crippen LogP contribution in [0.3, 0.4) is 0 Å². The first-order valence-electron chi connectivity index (χ1n) is 23.1. The Bertz CT molecular complexity index is 2750. The normalized spacial score (nSPS) is 19.0. The molecule has 9 rings (SSSR count). The maximum atomic E-state index is 13.5. The lowest BCUT2D eigenvalue weighted by Crippen LogP contribution is -2.52. The molecule has 19 heteroatoms. The molecule has 5 N–H and O–H groups in total.